The number of halogens is 1. The van der Waals surface area contributed by atoms with E-state index < -0.39 is 0 Å². The van der Waals surface area contributed by atoms with Crippen molar-refractivity contribution in [2.24, 2.45) is 0 Å². The summed E-state index contributed by atoms with van der Waals surface area (Å²) < 4.78 is 15.9. The Balaban J connectivity index is 1.98. The molecule has 0 spiro atoms. The number of nitrogens with two attached hydrogens (primary N) is 1. The third kappa shape index (κ3) is 2.32. The lowest BCUT2D eigenvalue weighted by Crippen LogP contribution is -1.99. The number of hydrogen-bond acceptors (Lipinski definition) is 6. The zero-order valence-electron chi connectivity index (χ0n) is 10.9. The van der Waals surface area contributed by atoms with Crippen molar-refractivity contribution < 1.29 is 14.0 Å². The van der Waals surface area contributed by atoms with E-state index in [0.717, 1.165) is 13.0 Å². The van der Waals surface area contributed by atoms with Gasteiger partial charge in [-0.15, -0.1) is 0 Å². The van der Waals surface area contributed by atoms with E-state index in [9.17, 15) is 0 Å². The second-order valence-electron chi connectivity index (χ2n) is 4.59. The van der Waals surface area contributed by atoms with Gasteiger partial charge in [0, 0.05) is 18.6 Å². The highest BCUT2D eigenvalue weighted by atomic mass is 35.5. The van der Waals surface area contributed by atoms with Crippen LogP contribution in [0.5, 0.6) is 5.75 Å². The van der Waals surface area contributed by atoms with Crippen LogP contribution in [0.2, 0.25) is 5.02 Å². The lowest BCUT2D eigenvalue weighted by Gasteiger charge is -2.07. The second-order valence-corrected chi connectivity index (χ2v) is 5.00. The van der Waals surface area contributed by atoms with Crippen LogP contribution in [0.25, 0.3) is 11.5 Å². The quantitative estimate of drug-likeness (QED) is 0.876. The molecule has 2 heterocycles. The Bertz CT molecular complexity index is 623. The van der Waals surface area contributed by atoms with Crippen LogP contribution in [-0.2, 0) is 4.74 Å². The number of rotatable bonds is 3. The normalized spacial score (nSPS) is 18.4. The van der Waals surface area contributed by atoms with Crippen LogP contribution in [0.15, 0.2) is 16.7 Å². The van der Waals surface area contributed by atoms with Crippen molar-refractivity contribution in [3.05, 3.63) is 23.0 Å². The van der Waals surface area contributed by atoms with E-state index in [1.165, 1.54) is 0 Å². The molecule has 1 saturated heterocycles. The molecule has 2 aromatic rings. The molecule has 106 valence electrons. The van der Waals surface area contributed by atoms with Crippen LogP contribution in [-0.4, -0.2) is 30.5 Å². The highest BCUT2D eigenvalue weighted by Gasteiger charge is 2.24. The van der Waals surface area contributed by atoms with Crippen molar-refractivity contribution in [3.8, 4) is 17.2 Å². The molecule has 6 nitrogen and oxygen atoms in total. The number of ether oxygens (including phenoxy) is 2. The summed E-state index contributed by atoms with van der Waals surface area (Å²) in [5.41, 5.74) is 6.82. The molecule has 1 aliphatic rings. The summed E-state index contributed by atoms with van der Waals surface area (Å²) in [6.45, 7) is 1.35. The molecule has 1 fully saturated rings. The van der Waals surface area contributed by atoms with E-state index in [1.54, 1.807) is 19.2 Å². The van der Waals surface area contributed by atoms with Gasteiger partial charge in [0.1, 0.15) is 5.75 Å². The maximum absolute atomic E-state index is 6.04. The smallest absolute Gasteiger partial charge is 0.261 e. The maximum Gasteiger partial charge on any atom is 0.261 e. The number of hydrogen-bond donors (Lipinski definition) is 1. The summed E-state index contributed by atoms with van der Waals surface area (Å²) in [5, 5.41) is 4.43. The van der Waals surface area contributed by atoms with Gasteiger partial charge in [-0.05, 0) is 12.5 Å². The number of aromatic nitrogens is 2. The fourth-order valence-corrected chi connectivity index (χ4v) is 2.32. The average molecular weight is 296 g/mol. The van der Waals surface area contributed by atoms with Crippen molar-refractivity contribution in [1.82, 2.24) is 10.1 Å². The first kappa shape index (κ1) is 13.2. The number of methoxy groups -OCH3 is 1. The van der Waals surface area contributed by atoms with Gasteiger partial charge in [0.05, 0.1) is 30.0 Å². The molecule has 7 heteroatoms. The van der Waals surface area contributed by atoms with Gasteiger partial charge in [-0.25, -0.2) is 0 Å². The summed E-state index contributed by atoms with van der Waals surface area (Å²) in [7, 11) is 1.55. The van der Waals surface area contributed by atoms with Gasteiger partial charge in [0.2, 0.25) is 0 Å². The predicted octanol–water partition coefficient (Wildman–Crippen LogP) is 2.48. The standard InChI is InChI=1S/C13H14ClN3O3/c1-18-11-5-10(15)9(14)4-8(11)13-16-12(17-20-13)7-2-3-19-6-7/h4-5,7H,2-3,6,15H2,1H3. The molecular formula is C13H14ClN3O3. The van der Waals surface area contributed by atoms with Crippen LogP contribution in [0.3, 0.4) is 0 Å². The Hall–Kier alpha value is -1.79. The molecule has 0 aliphatic carbocycles. The van der Waals surface area contributed by atoms with Gasteiger partial charge in [0.25, 0.3) is 5.89 Å². The average Bonchev–Trinajstić information content (AvgIpc) is 3.10. The zero-order valence-corrected chi connectivity index (χ0v) is 11.7. The molecule has 0 saturated carbocycles. The minimum atomic E-state index is 0.183. The van der Waals surface area contributed by atoms with Crippen molar-refractivity contribution in [2.45, 2.75) is 12.3 Å². The largest absolute Gasteiger partial charge is 0.496 e. The topological polar surface area (TPSA) is 83.4 Å². The first-order chi connectivity index (χ1) is 9.69. The first-order valence-corrected chi connectivity index (χ1v) is 6.61. The highest BCUT2D eigenvalue weighted by molar-refractivity contribution is 6.33. The Kier molecular flexibility index (Phi) is 3.50. The van der Waals surface area contributed by atoms with Crippen LogP contribution in [0, 0.1) is 0 Å². The summed E-state index contributed by atoms with van der Waals surface area (Å²) in [6, 6.07) is 3.30. The Morgan fingerprint density at radius 3 is 3.00 bits per heavy atom. The van der Waals surface area contributed by atoms with Gasteiger partial charge in [-0.2, -0.15) is 4.98 Å². The summed E-state index contributed by atoms with van der Waals surface area (Å²) in [5.74, 6) is 1.74. The van der Waals surface area contributed by atoms with E-state index in [-0.39, 0.29) is 5.92 Å². The minimum absolute atomic E-state index is 0.183. The Morgan fingerprint density at radius 1 is 1.45 bits per heavy atom. The molecule has 1 aliphatic heterocycles. The highest BCUT2D eigenvalue weighted by Crippen LogP contribution is 2.36. The van der Waals surface area contributed by atoms with E-state index in [4.69, 9.17) is 31.3 Å². The van der Waals surface area contributed by atoms with Crippen LogP contribution in [0.1, 0.15) is 18.2 Å². The fourth-order valence-electron chi connectivity index (χ4n) is 2.15. The van der Waals surface area contributed by atoms with Crippen molar-refractivity contribution in [2.75, 3.05) is 26.1 Å². The third-order valence-electron chi connectivity index (χ3n) is 3.29. The second kappa shape index (κ2) is 5.30. The predicted molar refractivity (Wildman–Crippen MR) is 73.9 cm³/mol. The molecule has 1 aromatic carbocycles. The van der Waals surface area contributed by atoms with Crippen molar-refractivity contribution in [1.29, 1.82) is 0 Å². The summed E-state index contributed by atoms with van der Waals surface area (Å²) in [6.07, 6.45) is 0.901. The van der Waals surface area contributed by atoms with Gasteiger partial charge in [0.15, 0.2) is 5.82 Å². The van der Waals surface area contributed by atoms with Crippen LogP contribution in [0.4, 0.5) is 5.69 Å². The van der Waals surface area contributed by atoms with Crippen molar-refractivity contribution in [3.63, 3.8) is 0 Å². The number of anilines is 1. The summed E-state index contributed by atoms with van der Waals surface area (Å²) in [4.78, 5) is 4.40. The van der Waals surface area contributed by atoms with Crippen LogP contribution >= 0.6 is 11.6 Å². The van der Waals surface area contributed by atoms with Gasteiger partial charge in [-0.1, -0.05) is 16.8 Å². The Labute approximate surface area is 120 Å². The van der Waals surface area contributed by atoms with Crippen LogP contribution < -0.4 is 10.5 Å². The van der Waals surface area contributed by atoms with Gasteiger partial charge < -0.3 is 19.7 Å². The first-order valence-electron chi connectivity index (χ1n) is 6.23. The van der Waals surface area contributed by atoms with Gasteiger partial charge in [-0.3, -0.25) is 0 Å². The molecule has 3 rings (SSSR count). The fraction of sp³-hybridized carbons (Fsp3) is 0.385. The van der Waals surface area contributed by atoms with E-state index in [2.05, 4.69) is 10.1 Å². The number of nitrogens with zero attached hydrogens (tertiary/aromatic N) is 2. The number of benzene rings is 1. The minimum Gasteiger partial charge on any atom is -0.496 e. The molecule has 0 radical (unpaired) electrons. The molecule has 2 N–H and O–H groups in total. The Morgan fingerprint density at radius 2 is 2.30 bits per heavy atom. The molecule has 1 atom stereocenters. The molecular weight excluding hydrogens is 282 g/mol. The monoisotopic (exact) mass is 295 g/mol. The van der Waals surface area contributed by atoms with E-state index >= 15 is 0 Å². The van der Waals surface area contributed by atoms with E-state index in [0.29, 0.717) is 40.3 Å². The SMILES string of the molecule is COc1cc(N)c(Cl)cc1-c1nc(C2CCOC2)no1. The molecule has 1 unspecified atom stereocenters. The zero-order chi connectivity index (χ0) is 14.1. The molecule has 0 bridgehead atoms. The third-order valence-corrected chi connectivity index (χ3v) is 3.61. The molecule has 20 heavy (non-hydrogen) atoms. The van der Waals surface area contributed by atoms with Gasteiger partial charge >= 0.3 is 0 Å². The molecule has 1 aromatic heterocycles. The van der Waals surface area contributed by atoms with E-state index in [1.807, 2.05) is 0 Å². The molecule has 0 amide bonds. The summed E-state index contributed by atoms with van der Waals surface area (Å²) >= 11 is 6.04. The lowest BCUT2D eigenvalue weighted by molar-refractivity contribution is 0.192. The maximum atomic E-state index is 6.04. The lowest BCUT2D eigenvalue weighted by atomic mass is 10.1. The number of nitrogen functional groups attached to an aromatic ring is 1. The van der Waals surface area contributed by atoms with Crippen molar-refractivity contribution >= 4 is 17.3 Å².